The molecule has 0 aliphatic heterocycles. The highest BCUT2D eigenvalue weighted by Crippen LogP contribution is 2.35. The maximum absolute atomic E-state index is 12.5. The van der Waals surface area contributed by atoms with Gasteiger partial charge in [-0.1, -0.05) is 23.7 Å². The van der Waals surface area contributed by atoms with Crippen molar-refractivity contribution in [3.63, 3.8) is 0 Å². The van der Waals surface area contributed by atoms with E-state index in [1.807, 2.05) is 36.4 Å². The molecular formula is C21H16ClN3O3. The molecule has 6 nitrogen and oxygen atoms in total. The number of methoxy groups -OCH3 is 1. The highest BCUT2D eigenvalue weighted by molar-refractivity contribution is 6.32. The van der Waals surface area contributed by atoms with Gasteiger partial charge in [-0.15, -0.1) is 0 Å². The van der Waals surface area contributed by atoms with Gasteiger partial charge in [0.15, 0.2) is 11.5 Å². The number of halogens is 1. The van der Waals surface area contributed by atoms with Gasteiger partial charge in [0.1, 0.15) is 5.82 Å². The number of ether oxygens (including phenoxy) is 1. The molecule has 28 heavy (non-hydrogen) atoms. The average Bonchev–Trinajstić information content (AvgIpc) is 3.14. The van der Waals surface area contributed by atoms with Crippen LogP contribution in [0, 0.1) is 0 Å². The molecule has 0 unspecified atom stereocenters. The lowest BCUT2D eigenvalue weighted by molar-refractivity contribution is 0.102. The molecule has 0 saturated heterocycles. The first-order chi connectivity index (χ1) is 13.5. The smallest absolute Gasteiger partial charge is 0.255 e. The van der Waals surface area contributed by atoms with Crippen molar-refractivity contribution in [2.24, 2.45) is 0 Å². The fourth-order valence-electron chi connectivity index (χ4n) is 2.86. The third-order valence-corrected chi connectivity index (χ3v) is 4.60. The fourth-order valence-corrected chi connectivity index (χ4v) is 3.08. The molecule has 0 spiro atoms. The zero-order valence-corrected chi connectivity index (χ0v) is 15.6. The Kier molecular flexibility index (Phi) is 4.63. The zero-order chi connectivity index (χ0) is 19.7. The lowest BCUT2D eigenvalue weighted by Gasteiger charge is -2.10. The Morgan fingerprint density at radius 3 is 2.61 bits per heavy atom. The molecule has 0 aliphatic carbocycles. The van der Waals surface area contributed by atoms with Crippen LogP contribution in [-0.2, 0) is 0 Å². The van der Waals surface area contributed by atoms with Gasteiger partial charge in [0, 0.05) is 16.8 Å². The van der Waals surface area contributed by atoms with E-state index < -0.39 is 0 Å². The number of nitrogens with one attached hydrogen (secondary N) is 2. The molecule has 0 atom stereocenters. The van der Waals surface area contributed by atoms with E-state index in [2.05, 4.69) is 15.3 Å². The van der Waals surface area contributed by atoms with E-state index in [0.717, 1.165) is 22.4 Å². The van der Waals surface area contributed by atoms with Gasteiger partial charge in [-0.2, -0.15) is 0 Å². The second kappa shape index (κ2) is 7.25. The van der Waals surface area contributed by atoms with E-state index >= 15 is 0 Å². The molecule has 0 saturated carbocycles. The summed E-state index contributed by atoms with van der Waals surface area (Å²) >= 11 is 5.95. The van der Waals surface area contributed by atoms with Crippen LogP contribution < -0.4 is 10.1 Å². The van der Waals surface area contributed by atoms with Crippen LogP contribution in [0.2, 0.25) is 5.02 Å². The maximum atomic E-state index is 12.5. The Morgan fingerprint density at radius 1 is 1.14 bits per heavy atom. The molecule has 4 aromatic rings. The number of aromatic nitrogens is 2. The molecule has 4 rings (SSSR count). The van der Waals surface area contributed by atoms with Gasteiger partial charge in [0.2, 0.25) is 0 Å². The molecule has 3 N–H and O–H groups in total. The van der Waals surface area contributed by atoms with E-state index in [1.165, 1.54) is 19.2 Å². The number of carbonyl (C=O) groups excluding carboxylic acids is 1. The van der Waals surface area contributed by atoms with Crippen LogP contribution in [0.3, 0.4) is 0 Å². The van der Waals surface area contributed by atoms with E-state index in [9.17, 15) is 9.90 Å². The number of benzene rings is 3. The SMILES string of the molecule is COc1cc(C(=O)Nc2ccc(-c3nc4ccccc4[nH]3)cc2)cc(Cl)c1O. The van der Waals surface area contributed by atoms with Crippen LogP contribution in [0.4, 0.5) is 5.69 Å². The van der Waals surface area contributed by atoms with E-state index in [0.29, 0.717) is 5.69 Å². The minimum atomic E-state index is -0.364. The molecule has 7 heteroatoms. The lowest BCUT2D eigenvalue weighted by Crippen LogP contribution is -2.12. The number of nitrogens with zero attached hydrogens (tertiary/aromatic N) is 1. The number of fused-ring (bicyclic) bond motifs is 1. The van der Waals surface area contributed by atoms with Crippen LogP contribution in [0.5, 0.6) is 11.5 Å². The van der Waals surface area contributed by atoms with Gasteiger partial charge in [-0.25, -0.2) is 4.98 Å². The molecule has 1 aromatic heterocycles. The topological polar surface area (TPSA) is 87.2 Å². The number of amides is 1. The third-order valence-electron chi connectivity index (χ3n) is 4.32. The third kappa shape index (κ3) is 3.37. The molecule has 1 amide bonds. The summed E-state index contributed by atoms with van der Waals surface area (Å²) in [5.41, 5.74) is 3.67. The molecule has 140 valence electrons. The number of phenols is 1. The summed E-state index contributed by atoms with van der Waals surface area (Å²) in [6.45, 7) is 0. The van der Waals surface area contributed by atoms with Crippen LogP contribution in [0.25, 0.3) is 22.4 Å². The van der Waals surface area contributed by atoms with Crippen molar-refractivity contribution in [1.82, 2.24) is 9.97 Å². The van der Waals surface area contributed by atoms with Crippen LogP contribution in [-0.4, -0.2) is 28.1 Å². The Labute approximate surface area is 165 Å². The number of anilines is 1. The molecule has 1 heterocycles. The van der Waals surface area contributed by atoms with Crippen LogP contribution in [0.1, 0.15) is 10.4 Å². The first-order valence-corrected chi connectivity index (χ1v) is 8.86. The molecule has 0 radical (unpaired) electrons. The van der Waals surface area contributed by atoms with Crippen molar-refractivity contribution in [2.75, 3.05) is 12.4 Å². The Morgan fingerprint density at radius 2 is 1.89 bits per heavy atom. The fraction of sp³-hybridized carbons (Fsp3) is 0.0476. The van der Waals surface area contributed by atoms with Crippen molar-refractivity contribution < 1.29 is 14.6 Å². The summed E-state index contributed by atoms with van der Waals surface area (Å²) in [7, 11) is 1.39. The van der Waals surface area contributed by atoms with Crippen LogP contribution in [0.15, 0.2) is 60.7 Å². The number of hydrogen-bond acceptors (Lipinski definition) is 4. The Hall–Kier alpha value is -3.51. The number of carbonyl (C=O) groups is 1. The first kappa shape index (κ1) is 17.9. The lowest BCUT2D eigenvalue weighted by atomic mass is 10.1. The number of rotatable bonds is 4. The second-order valence-corrected chi connectivity index (χ2v) is 6.55. The zero-order valence-electron chi connectivity index (χ0n) is 14.9. The Bertz CT molecular complexity index is 1140. The van der Waals surface area contributed by atoms with Crippen molar-refractivity contribution in [2.45, 2.75) is 0 Å². The summed E-state index contributed by atoms with van der Waals surface area (Å²) in [5.74, 6) is 0.333. The van der Waals surface area contributed by atoms with Crippen molar-refractivity contribution in [1.29, 1.82) is 0 Å². The number of aromatic hydroxyl groups is 1. The molecule has 0 bridgehead atoms. The van der Waals surface area contributed by atoms with Crippen molar-refractivity contribution >= 4 is 34.2 Å². The van der Waals surface area contributed by atoms with Gasteiger partial charge < -0.3 is 20.1 Å². The van der Waals surface area contributed by atoms with Gasteiger partial charge in [-0.05, 0) is 48.5 Å². The maximum Gasteiger partial charge on any atom is 0.255 e. The minimum Gasteiger partial charge on any atom is -0.503 e. The Balaban J connectivity index is 1.54. The number of H-pyrrole nitrogens is 1. The van der Waals surface area contributed by atoms with Crippen molar-refractivity contribution in [3.05, 3.63) is 71.2 Å². The van der Waals surface area contributed by atoms with E-state index in [4.69, 9.17) is 16.3 Å². The highest BCUT2D eigenvalue weighted by Gasteiger charge is 2.14. The predicted octanol–water partition coefficient (Wildman–Crippen LogP) is 4.85. The monoisotopic (exact) mass is 393 g/mol. The predicted molar refractivity (Wildman–Crippen MR) is 109 cm³/mol. The molecule has 0 aliphatic rings. The summed E-state index contributed by atoms with van der Waals surface area (Å²) in [6, 6.07) is 18.0. The van der Waals surface area contributed by atoms with Gasteiger partial charge in [-0.3, -0.25) is 4.79 Å². The summed E-state index contributed by atoms with van der Waals surface area (Å²) in [6.07, 6.45) is 0. The average molecular weight is 394 g/mol. The summed E-state index contributed by atoms with van der Waals surface area (Å²) in [4.78, 5) is 20.3. The quantitative estimate of drug-likeness (QED) is 0.462. The standard InChI is InChI=1S/C21H16ClN3O3/c1-28-18-11-13(10-15(22)19(18)26)21(27)23-14-8-6-12(7-9-14)20-24-16-4-2-3-5-17(16)25-20/h2-11,26H,1H3,(H,23,27)(H,24,25). The first-order valence-electron chi connectivity index (χ1n) is 8.48. The summed E-state index contributed by atoms with van der Waals surface area (Å²) < 4.78 is 5.03. The van der Waals surface area contributed by atoms with Gasteiger partial charge >= 0.3 is 0 Å². The summed E-state index contributed by atoms with van der Waals surface area (Å²) in [5, 5.41) is 12.6. The van der Waals surface area contributed by atoms with Crippen LogP contribution >= 0.6 is 11.6 Å². The van der Waals surface area contributed by atoms with E-state index in [-0.39, 0.29) is 28.0 Å². The molecule has 3 aromatic carbocycles. The number of imidazole rings is 1. The minimum absolute atomic E-state index is 0.0460. The van der Waals surface area contributed by atoms with Gasteiger partial charge in [0.05, 0.1) is 23.2 Å². The normalized spacial score (nSPS) is 10.8. The number of hydrogen-bond donors (Lipinski definition) is 3. The number of para-hydroxylation sites is 2. The second-order valence-electron chi connectivity index (χ2n) is 6.14. The largest absolute Gasteiger partial charge is 0.503 e. The van der Waals surface area contributed by atoms with Gasteiger partial charge in [0.25, 0.3) is 5.91 Å². The van der Waals surface area contributed by atoms with E-state index in [1.54, 1.807) is 12.1 Å². The highest BCUT2D eigenvalue weighted by atomic mass is 35.5. The number of aromatic amines is 1. The molecule has 0 fully saturated rings. The molecular weight excluding hydrogens is 378 g/mol. The van der Waals surface area contributed by atoms with Crippen molar-refractivity contribution in [3.8, 4) is 22.9 Å². The number of phenolic OH excluding ortho intramolecular Hbond substituents is 1.